The number of alkyl halides is 3. The second-order valence-electron chi connectivity index (χ2n) is 3.61. The van der Waals surface area contributed by atoms with Gasteiger partial charge >= 0.3 is 6.18 Å². The van der Waals surface area contributed by atoms with Gasteiger partial charge in [-0.3, -0.25) is 0 Å². The van der Waals surface area contributed by atoms with Gasteiger partial charge in [-0.2, -0.15) is 13.2 Å². The SMILES string of the molecule is Cc1cc2c(Cl)cc(C(F)(F)F)nc2cc1F. The molecular formula is C11H6ClF4N. The zero-order chi connectivity index (χ0) is 12.8. The first-order valence-corrected chi connectivity index (χ1v) is 5.00. The zero-order valence-electron chi connectivity index (χ0n) is 8.57. The van der Waals surface area contributed by atoms with Crippen molar-refractivity contribution in [3.05, 3.63) is 40.3 Å². The standard InChI is InChI=1S/C11H6ClF4N/c1-5-2-6-7(12)3-10(11(14,15)16)17-9(6)4-8(5)13/h2-4H,1H3. The van der Waals surface area contributed by atoms with Crippen molar-refractivity contribution in [2.75, 3.05) is 0 Å². The van der Waals surface area contributed by atoms with E-state index in [2.05, 4.69) is 4.98 Å². The Labute approximate surface area is 99.0 Å². The first kappa shape index (κ1) is 12.1. The van der Waals surface area contributed by atoms with E-state index in [0.29, 0.717) is 10.9 Å². The topological polar surface area (TPSA) is 12.9 Å². The van der Waals surface area contributed by atoms with E-state index >= 15 is 0 Å². The molecule has 90 valence electrons. The molecule has 0 bridgehead atoms. The van der Waals surface area contributed by atoms with Crippen LogP contribution in [0.4, 0.5) is 17.6 Å². The molecule has 0 aliphatic rings. The minimum atomic E-state index is -4.60. The third kappa shape index (κ3) is 2.20. The minimum Gasteiger partial charge on any atom is -0.243 e. The normalized spacial score (nSPS) is 12.1. The van der Waals surface area contributed by atoms with Crippen LogP contribution in [0.2, 0.25) is 5.02 Å². The average molecular weight is 264 g/mol. The molecule has 0 radical (unpaired) electrons. The minimum absolute atomic E-state index is 0.0922. The summed E-state index contributed by atoms with van der Waals surface area (Å²) in [6.07, 6.45) is -4.60. The number of rotatable bonds is 0. The predicted molar refractivity (Wildman–Crippen MR) is 56.4 cm³/mol. The molecule has 2 rings (SSSR count). The summed E-state index contributed by atoms with van der Waals surface area (Å²) in [7, 11) is 0. The summed E-state index contributed by atoms with van der Waals surface area (Å²) in [5, 5.41) is 0.212. The fourth-order valence-corrected chi connectivity index (χ4v) is 1.71. The second kappa shape index (κ2) is 3.84. The molecule has 0 atom stereocenters. The molecule has 17 heavy (non-hydrogen) atoms. The Bertz CT molecular complexity index is 592. The van der Waals surface area contributed by atoms with Gasteiger partial charge in [-0.1, -0.05) is 11.6 Å². The lowest BCUT2D eigenvalue weighted by Gasteiger charge is -2.09. The third-order valence-corrected chi connectivity index (χ3v) is 2.64. The van der Waals surface area contributed by atoms with Crippen LogP contribution in [0.15, 0.2) is 18.2 Å². The largest absolute Gasteiger partial charge is 0.433 e. The maximum absolute atomic E-state index is 13.2. The number of halogens is 5. The monoisotopic (exact) mass is 263 g/mol. The lowest BCUT2D eigenvalue weighted by Crippen LogP contribution is -2.08. The van der Waals surface area contributed by atoms with Crippen LogP contribution < -0.4 is 0 Å². The smallest absolute Gasteiger partial charge is 0.243 e. The summed E-state index contributed by atoms with van der Waals surface area (Å²) in [5.74, 6) is -0.611. The quantitative estimate of drug-likeness (QED) is 0.644. The van der Waals surface area contributed by atoms with Crippen molar-refractivity contribution in [3.63, 3.8) is 0 Å². The fraction of sp³-hybridized carbons (Fsp3) is 0.182. The Kier molecular flexibility index (Phi) is 2.73. The highest BCUT2D eigenvalue weighted by Crippen LogP contribution is 2.33. The Morgan fingerprint density at radius 1 is 1.18 bits per heavy atom. The number of pyridine rings is 1. The number of aryl methyl sites for hydroxylation is 1. The highest BCUT2D eigenvalue weighted by Gasteiger charge is 2.33. The molecule has 1 aromatic heterocycles. The number of benzene rings is 1. The Morgan fingerprint density at radius 2 is 1.82 bits per heavy atom. The molecule has 0 saturated carbocycles. The molecule has 0 amide bonds. The predicted octanol–water partition coefficient (Wildman–Crippen LogP) is 4.35. The van der Waals surface area contributed by atoms with Crippen molar-refractivity contribution in [2.45, 2.75) is 13.1 Å². The van der Waals surface area contributed by atoms with Gasteiger partial charge in [0.15, 0.2) is 0 Å². The zero-order valence-corrected chi connectivity index (χ0v) is 9.33. The summed E-state index contributed by atoms with van der Waals surface area (Å²) < 4.78 is 50.6. The summed E-state index contributed by atoms with van der Waals surface area (Å²) in [6, 6.07) is 3.06. The molecule has 0 N–H and O–H groups in total. The average Bonchev–Trinajstić information content (AvgIpc) is 2.19. The van der Waals surface area contributed by atoms with Crippen molar-refractivity contribution >= 4 is 22.5 Å². The fourth-order valence-electron chi connectivity index (χ4n) is 1.46. The highest BCUT2D eigenvalue weighted by molar-refractivity contribution is 6.35. The molecule has 0 fully saturated rings. The Hall–Kier alpha value is -1.36. The lowest BCUT2D eigenvalue weighted by molar-refractivity contribution is -0.140. The summed E-state index contributed by atoms with van der Waals surface area (Å²) in [5.41, 5.74) is -0.924. The van der Waals surface area contributed by atoms with Gasteiger partial charge in [-0.25, -0.2) is 9.37 Å². The van der Waals surface area contributed by atoms with Crippen molar-refractivity contribution < 1.29 is 17.6 Å². The number of hydrogen-bond donors (Lipinski definition) is 0. The van der Waals surface area contributed by atoms with Crippen LogP contribution in [-0.4, -0.2) is 4.98 Å². The molecule has 0 aliphatic carbocycles. The molecule has 1 aromatic carbocycles. The number of fused-ring (bicyclic) bond motifs is 1. The molecule has 6 heteroatoms. The van der Waals surface area contributed by atoms with Crippen LogP contribution >= 0.6 is 11.6 Å². The maximum Gasteiger partial charge on any atom is 0.433 e. The first-order valence-electron chi connectivity index (χ1n) is 4.62. The molecule has 1 nitrogen and oxygen atoms in total. The van der Waals surface area contributed by atoms with Crippen molar-refractivity contribution in [1.29, 1.82) is 0 Å². The van der Waals surface area contributed by atoms with E-state index in [9.17, 15) is 17.6 Å². The number of nitrogens with zero attached hydrogens (tertiary/aromatic N) is 1. The molecular weight excluding hydrogens is 258 g/mol. The number of hydrogen-bond acceptors (Lipinski definition) is 1. The van der Waals surface area contributed by atoms with Gasteiger partial charge in [-0.15, -0.1) is 0 Å². The summed E-state index contributed by atoms with van der Waals surface area (Å²) in [6.45, 7) is 1.50. The number of aromatic nitrogens is 1. The maximum atomic E-state index is 13.2. The van der Waals surface area contributed by atoms with Gasteiger partial charge in [0.05, 0.1) is 10.5 Å². The van der Waals surface area contributed by atoms with E-state index in [1.807, 2.05) is 0 Å². The molecule has 2 aromatic rings. The van der Waals surface area contributed by atoms with Crippen LogP contribution in [0, 0.1) is 12.7 Å². The van der Waals surface area contributed by atoms with Crippen LogP contribution in [0.5, 0.6) is 0 Å². The van der Waals surface area contributed by atoms with E-state index in [4.69, 9.17) is 11.6 Å². The van der Waals surface area contributed by atoms with Crippen LogP contribution in [0.25, 0.3) is 10.9 Å². The molecule has 1 heterocycles. The molecule has 0 saturated heterocycles. The summed E-state index contributed by atoms with van der Waals surface area (Å²) in [4.78, 5) is 3.36. The molecule has 0 aliphatic heterocycles. The van der Waals surface area contributed by atoms with Crippen LogP contribution in [0.3, 0.4) is 0 Å². The highest BCUT2D eigenvalue weighted by atomic mass is 35.5. The lowest BCUT2D eigenvalue weighted by atomic mass is 10.1. The van der Waals surface area contributed by atoms with Gasteiger partial charge in [-0.05, 0) is 24.6 Å². The van der Waals surface area contributed by atoms with Gasteiger partial charge in [0.25, 0.3) is 0 Å². The summed E-state index contributed by atoms with van der Waals surface area (Å²) >= 11 is 5.73. The van der Waals surface area contributed by atoms with Crippen LogP contribution in [-0.2, 0) is 6.18 Å². The molecule has 0 spiro atoms. The Balaban J connectivity index is 2.78. The van der Waals surface area contributed by atoms with Crippen molar-refractivity contribution in [3.8, 4) is 0 Å². The Morgan fingerprint density at radius 3 is 2.41 bits per heavy atom. The first-order chi connectivity index (χ1) is 7.79. The van der Waals surface area contributed by atoms with Gasteiger partial charge in [0.2, 0.25) is 0 Å². The van der Waals surface area contributed by atoms with Crippen LogP contribution in [0.1, 0.15) is 11.3 Å². The van der Waals surface area contributed by atoms with E-state index in [1.165, 1.54) is 13.0 Å². The van der Waals surface area contributed by atoms with E-state index in [1.54, 1.807) is 0 Å². The van der Waals surface area contributed by atoms with Crippen molar-refractivity contribution in [1.82, 2.24) is 4.98 Å². The third-order valence-electron chi connectivity index (χ3n) is 2.33. The van der Waals surface area contributed by atoms with E-state index < -0.39 is 17.7 Å². The van der Waals surface area contributed by atoms with Gasteiger partial charge in [0, 0.05) is 11.5 Å². The van der Waals surface area contributed by atoms with Gasteiger partial charge < -0.3 is 0 Å². The van der Waals surface area contributed by atoms with E-state index in [-0.39, 0.29) is 10.5 Å². The molecule has 0 unspecified atom stereocenters. The van der Waals surface area contributed by atoms with Crippen molar-refractivity contribution in [2.24, 2.45) is 0 Å². The van der Waals surface area contributed by atoms with Gasteiger partial charge in [0.1, 0.15) is 11.5 Å². The second-order valence-corrected chi connectivity index (χ2v) is 4.01. The van der Waals surface area contributed by atoms with E-state index in [0.717, 1.165) is 12.1 Å².